The van der Waals surface area contributed by atoms with Gasteiger partial charge in [-0.25, -0.2) is 0 Å². The lowest BCUT2D eigenvalue weighted by molar-refractivity contribution is -0.121. The van der Waals surface area contributed by atoms with Crippen LogP contribution in [0.25, 0.3) is 0 Å². The normalized spacial score (nSPS) is 11.7. The number of halogens is 1. The van der Waals surface area contributed by atoms with Gasteiger partial charge in [-0.3, -0.25) is 4.79 Å². The number of benzene rings is 2. The van der Waals surface area contributed by atoms with Crippen LogP contribution in [-0.4, -0.2) is 11.9 Å². The zero-order valence-corrected chi connectivity index (χ0v) is 13.4. The van der Waals surface area contributed by atoms with E-state index in [9.17, 15) is 4.79 Å². The van der Waals surface area contributed by atoms with Crippen LogP contribution in [0.4, 0.5) is 5.69 Å². The molecule has 2 N–H and O–H groups in total. The average Bonchev–Trinajstić information content (AvgIpc) is 2.46. The van der Waals surface area contributed by atoms with Crippen molar-refractivity contribution in [1.82, 2.24) is 5.32 Å². The molecule has 1 atom stereocenters. The van der Waals surface area contributed by atoms with E-state index in [4.69, 9.17) is 0 Å². The number of anilines is 1. The Balaban J connectivity index is 1.86. The molecule has 0 aliphatic heterocycles. The van der Waals surface area contributed by atoms with Crippen molar-refractivity contribution in [3.8, 4) is 0 Å². The molecule has 2 aromatic carbocycles. The Morgan fingerprint density at radius 2 is 1.90 bits per heavy atom. The lowest BCUT2D eigenvalue weighted by Gasteiger charge is -2.15. The maximum atomic E-state index is 12.0. The first-order valence-corrected chi connectivity index (χ1v) is 7.57. The summed E-state index contributed by atoms with van der Waals surface area (Å²) in [5.74, 6) is -0.00675. The van der Waals surface area contributed by atoms with Gasteiger partial charge in [0.2, 0.25) is 5.91 Å². The fourth-order valence-electron chi connectivity index (χ4n) is 1.83. The Morgan fingerprint density at radius 1 is 1.15 bits per heavy atom. The minimum absolute atomic E-state index is 0.00675. The van der Waals surface area contributed by atoms with Gasteiger partial charge in [-0.05, 0) is 53.3 Å². The third kappa shape index (κ3) is 4.52. The summed E-state index contributed by atoms with van der Waals surface area (Å²) in [6.45, 7) is 2.41. The molecule has 0 fully saturated rings. The molecule has 0 saturated carbocycles. The smallest absolute Gasteiger partial charge is 0.242 e. The van der Waals surface area contributed by atoms with Crippen LogP contribution in [0, 0.1) is 3.57 Å². The molecule has 0 radical (unpaired) electrons. The van der Waals surface area contributed by atoms with E-state index >= 15 is 0 Å². The van der Waals surface area contributed by atoms with Crippen LogP contribution in [0.1, 0.15) is 12.5 Å². The van der Waals surface area contributed by atoms with Gasteiger partial charge in [0.25, 0.3) is 0 Å². The summed E-state index contributed by atoms with van der Waals surface area (Å²) in [5, 5.41) is 6.13. The Kier molecular flexibility index (Phi) is 5.40. The van der Waals surface area contributed by atoms with Crippen molar-refractivity contribution in [2.45, 2.75) is 19.5 Å². The van der Waals surface area contributed by atoms with Crippen molar-refractivity contribution in [3.63, 3.8) is 0 Å². The van der Waals surface area contributed by atoms with E-state index < -0.39 is 0 Å². The molecule has 0 unspecified atom stereocenters. The second kappa shape index (κ2) is 7.28. The molecule has 0 spiro atoms. The minimum Gasteiger partial charge on any atom is -0.374 e. The van der Waals surface area contributed by atoms with E-state index in [2.05, 4.69) is 33.2 Å². The highest BCUT2D eigenvalue weighted by atomic mass is 127. The monoisotopic (exact) mass is 380 g/mol. The number of hydrogen-bond donors (Lipinski definition) is 2. The van der Waals surface area contributed by atoms with Gasteiger partial charge < -0.3 is 10.6 Å². The maximum Gasteiger partial charge on any atom is 0.242 e. The predicted octanol–water partition coefficient (Wildman–Crippen LogP) is 3.41. The molecule has 4 heteroatoms. The van der Waals surface area contributed by atoms with Gasteiger partial charge in [0, 0.05) is 15.8 Å². The van der Waals surface area contributed by atoms with E-state index in [0.717, 1.165) is 14.8 Å². The summed E-state index contributed by atoms with van der Waals surface area (Å²) >= 11 is 2.25. The van der Waals surface area contributed by atoms with E-state index in [1.54, 1.807) is 0 Å². The number of nitrogens with one attached hydrogen (secondary N) is 2. The molecular formula is C16H17IN2O. The van der Waals surface area contributed by atoms with Gasteiger partial charge in [-0.15, -0.1) is 0 Å². The van der Waals surface area contributed by atoms with Crippen LogP contribution in [0.2, 0.25) is 0 Å². The fourth-order valence-corrected chi connectivity index (χ4v) is 2.38. The van der Waals surface area contributed by atoms with Crippen LogP contribution in [0.15, 0.2) is 54.6 Å². The molecule has 0 aromatic heterocycles. The summed E-state index contributed by atoms with van der Waals surface area (Å²) < 4.78 is 1.14. The van der Waals surface area contributed by atoms with Crippen molar-refractivity contribution in [2.75, 3.05) is 5.32 Å². The highest BCUT2D eigenvalue weighted by Crippen LogP contribution is 2.13. The number of carbonyl (C=O) groups is 1. The molecule has 20 heavy (non-hydrogen) atoms. The molecule has 104 valence electrons. The van der Waals surface area contributed by atoms with Gasteiger partial charge >= 0.3 is 0 Å². The zero-order chi connectivity index (χ0) is 14.4. The van der Waals surface area contributed by atoms with Crippen LogP contribution >= 0.6 is 22.6 Å². The summed E-state index contributed by atoms with van der Waals surface area (Å²) in [6, 6.07) is 17.6. The third-order valence-electron chi connectivity index (χ3n) is 2.91. The van der Waals surface area contributed by atoms with Crippen LogP contribution in [0.5, 0.6) is 0 Å². The van der Waals surface area contributed by atoms with Crippen LogP contribution in [0.3, 0.4) is 0 Å². The highest BCUT2D eigenvalue weighted by Gasteiger charge is 2.11. The molecule has 0 saturated heterocycles. The Labute approximate surface area is 132 Å². The predicted molar refractivity (Wildman–Crippen MR) is 90.5 cm³/mol. The Bertz CT molecular complexity index is 572. The van der Waals surface area contributed by atoms with Crippen LogP contribution < -0.4 is 10.6 Å². The number of carbonyl (C=O) groups excluding carboxylic acids is 1. The Morgan fingerprint density at radius 3 is 2.60 bits per heavy atom. The largest absolute Gasteiger partial charge is 0.374 e. The molecule has 0 aliphatic carbocycles. The first kappa shape index (κ1) is 14.8. The lowest BCUT2D eigenvalue weighted by atomic mass is 10.2. The standard InChI is InChI=1S/C16H17IN2O/c1-12(19-15-9-5-8-14(17)10-15)16(20)18-11-13-6-3-2-4-7-13/h2-10,12,19H,11H2,1H3,(H,18,20)/t12-/m0/s1. The third-order valence-corrected chi connectivity index (χ3v) is 3.58. The molecule has 3 nitrogen and oxygen atoms in total. The van der Waals surface area contributed by atoms with E-state index in [-0.39, 0.29) is 11.9 Å². The Hall–Kier alpha value is -1.56. The SMILES string of the molecule is C[C@H](Nc1cccc(I)c1)C(=O)NCc1ccccc1. The summed E-state index contributed by atoms with van der Waals surface area (Å²) in [5.41, 5.74) is 2.06. The van der Waals surface area contributed by atoms with Gasteiger partial charge in [0.05, 0.1) is 0 Å². The quantitative estimate of drug-likeness (QED) is 0.781. The molecular weight excluding hydrogens is 363 g/mol. The average molecular weight is 380 g/mol. The highest BCUT2D eigenvalue weighted by molar-refractivity contribution is 14.1. The summed E-state index contributed by atoms with van der Waals surface area (Å²) in [4.78, 5) is 12.0. The molecule has 0 heterocycles. The second-order valence-corrected chi connectivity index (χ2v) is 5.83. The first-order chi connectivity index (χ1) is 9.65. The van der Waals surface area contributed by atoms with Gasteiger partial charge in [0.1, 0.15) is 6.04 Å². The second-order valence-electron chi connectivity index (χ2n) is 4.58. The van der Waals surface area contributed by atoms with Gasteiger partial charge in [-0.2, -0.15) is 0 Å². The van der Waals surface area contributed by atoms with Crippen molar-refractivity contribution in [2.24, 2.45) is 0 Å². The topological polar surface area (TPSA) is 41.1 Å². The van der Waals surface area contributed by atoms with Crippen molar-refractivity contribution in [3.05, 3.63) is 63.7 Å². The molecule has 2 aromatic rings. The molecule has 1 amide bonds. The zero-order valence-electron chi connectivity index (χ0n) is 11.3. The number of amides is 1. The van der Waals surface area contributed by atoms with Crippen molar-refractivity contribution < 1.29 is 4.79 Å². The van der Waals surface area contributed by atoms with Gasteiger partial charge in [0.15, 0.2) is 0 Å². The van der Waals surface area contributed by atoms with Crippen molar-refractivity contribution >= 4 is 34.2 Å². The molecule has 0 aliphatic rings. The lowest BCUT2D eigenvalue weighted by Crippen LogP contribution is -2.37. The number of rotatable bonds is 5. The number of hydrogen-bond acceptors (Lipinski definition) is 2. The van der Waals surface area contributed by atoms with E-state index in [1.165, 1.54) is 0 Å². The molecule has 0 bridgehead atoms. The maximum absolute atomic E-state index is 12.0. The van der Waals surface area contributed by atoms with E-state index in [1.807, 2.05) is 61.5 Å². The summed E-state index contributed by atoms with van der Waals surface area (Å²) in [7, 11) is 0. The molecule has 2 rings (SSSR count). The van der Waals surface area contributed by atoms with Gasteiger partial charge in [-0.1, -0.05) is 36.4 Å². The fraction of sp³-hybridized carbons (Fsp3) is 0.188. The summed E-state index contributed by atoms with van der Waals surface area (Å²) in [6.07, 6.45) is 0. The van der Waals surface area contributed by atoms with E-state index in [0.29, 0.717) is 6.54 Å². The van der Waals surface area contributed by atoms with Crippen LogP contribution in [-0.2, 0) is 11.3 Å². The minimum atomic E-state index is -0.267. The van der Waals surface area contributed by atoms with Crippen molar-refractivity contribution in [1.29, 1.82) is 0 Å². The first-order valence-electron chi connectivity index (χ1n) is 6.49.